The van der Waals surface area contributed by atoms with Gasteiger partial charge in [-0.3, -0.25) is 0 Å². The highest BCUT2D eigenvalue weighted by Gasteiger charge is 2.06. The summed E-state index contributed by atoms with van der Waals surface area (Å²) in [4.78, 5) is 4.62. The number of methoxy groups -OCH3 is 1. The molecule has 4 heteroatoms. The molecule has 3 nitrogen and oxygen atoms in total. The first-order valence-electron chi connectivity index (χ1n) is 5.32. The predicted molar refractivity (Wildman–Crippen MR) is 72.0 cm³/mol. The number of benzene rings is 2. The van der Waals surface area contributed by atoms with E-state index < -0.39 is 0 Å². The molecule has 0 unspecified atom stereocenters. The van der Waals surface area contributed by atoms with Crippen molar-refractivity contribution in [3.63, 3.8) is 0 Å². The first-order valence-corrected chi connectivity index (χ1v) is 6.12. The maximum Gasteiger partial charge on any atom is 0.122 e. The lowest BCUT2D eigenvalue weighted by Gasteiger charge is -2.10. The van der Waals surface area contributed by atoms with Crippen molar-refractivity contribution in [1.82, 2.24) is 0 Å². The molecular formula is C13H14BrNO2. The summed E-state index contributed by atoms with van der Waals surface area (Å²) in [5, 5.41) is 2.33. The highest BCUT2D eigenvalue weighted by Crippen LogP contribution is 2.28. The quantitative estimate of drug-likeness (QED) is 0.882. The molecule has 0 aliphatic carbocycles. The Labute approximate surface area is 109 Å². The number of halogens is 1. The minimum absolute atomic E-state index is 0.482. The molecule has 0 saturated heterocycles. The van der Waals surface area contributed by atoms with E-state index >= 15 is 0 Å². The molecule has 0 aliphatic rings. The van der Waals surface area contributed by atoms with Crippen molar-refractivity contribution in [1.29, 1.82) is 0 Å². The van der Waals surface area contributed by atoms with Crippen LogP contribution in [0.1, 0.15) is 5.56 Å². The van der Waals surface area contributed by atoms with E-state index in [4.69, 9.17) is 10.6 Å². The first kappa shape index (κ1) is 12.4. The fraction of sp³-hybridized carbons (Fsp3) is 0.231. The van der Waals surface area contributed by atoms with Crippen molar-refractivity contribution in [2.24, 2.45) is 5.90 Å². The molecule has 0 aliphatic heterocycles. The minimum Gasteiger partial charge on any atom is -0.496 e. The smallest absolute Gasteiger partial charge is 0.122 e. The third-order valence-electron chi connectivity index (χ3n) is 2.69. The van der Waals surface area contributed by atoms with Gasteiger partial charge in [0.1, 0.15) is 5.75 Å². The molecule has 2 N–H and O–H groups in total. The van der Waals surface area contributed by atoms with E-state index in [2.05, 4.69) is 39.0 Å². The van der Waals surface area contributed by atoms with Crippen LogP contribution >= 0.6 is 15.9 Å². The third-order valence-corrected chi connectivity index (χ3v) is 3.18. The highest BCUT2D eigenvalue weighted by atomic mass is 79.9. The lowest BCUT2D eigenvalue weighted by Crippen LogP contribution is -2.04. The van der Waals surface area contributed by atoms with Gasteiger partial charge in [0.15, 0.2) is 0 Å². The number of hydrogen-bond acceptors (Lipinski definition) is 3. The fourth-order valence-electron chi connectivity index (χ4n) is 1.85. The summed E-state index contributed by atoms with van der Waals surface area (Å²) >= 11 is 3.47. The Kier molecular flexibility index (Phi) is 3.99. The van der Waals surface area contributed by atoms with Gasteiger partial charge < -0.3 is 9.57 Å². The van der Waals surface area contributed by atoms with E-state index in [1.54, 1.807) is 7.11 Å². The highest BCUT2D eigenvalue weighted by molar-refractivity contribution is 9.10. The van der Waals surface area contributed by atoms with Crippen LogP contribution in [0.4, 0.5) is 0 Å². The number of fused-ring (bicyclic) bond motifs is 1. The van der Waals surface area contributed by atoms with Crippen molar-refractivity contribution in [2.45, 2.75) is 6.42 Å². The van der Waals surface area contributed by atoms with E-state index in [9.17, 15) is 0 Å². The number of hydrogen-bond donors (Lipinski definition) is 1. The van der Waals surface area contributed by atoms with Crippen molar-refractivity contribution in [3.8, 4) is 5.75 Å². The zero-order chi connectivity index (χ0) is 12.3. The molecule has 2 rings (SSSR count). The normalized spacial score (nSPS) is 10.8. The Morgan fingerprint density at radius 3 is 2.71 bits per heavy atom. The van der Waals surface area contributed by atoms with Gasteiger partial charge in [0, 0.05) is 10.9 Å². The van der Waals surface area contributed by atoms with Gasteiger partial charge in [-0.2, -0.15) is 0 Å². The van der Waals surface area contributed by atoms with E-state index in [1.807, 2.05) is 12.1 Å². The lowest BCUT2D eigenvalue weighted by molar-refractivity contribution is 0.140. The average Bonchev–Trinajstić information content (AvgIpc) is 2.35. The fourth-order valence-corrected chi connectivity index (χ4v) is 2.23. The van der Waals surface area contributed by atoms with Gasteiger partial charge in [0.05, 0.1) is 13.7 Å². The van der Waals surface area contributed by atoms with Gasteiger partial charge in [-0.25, -0.2) is 5.90 Å². The summed E-state index contributed by atoms with van der Waals surface area (Å²) in [6.45, 7) is 0.482. The molecule has 0 heterocycles. The monoisotopic (exact) mass is 295 g/mol. The molecule has 0 atom stereocenters. The van der Waals surface area contributed by atoms with Crippen LogP contribution in [0.15, 0.2) is 34.8 Å². The van der Waals surface area contributed by atoms with E-state index in [0.717, 1.165) is 27.6 Å². The van der Waals surface area contributed by atoms with Gasteiger partial charge >= 0.3 is 0 Å². The molecule has 17 heavy (non-hydrogen) atoms. The molecule has 0 radical (unpaired) electrons. The van der Waals surface area contributed by atoms with Crippen LogP contribution in [-0.4, -0.2) is 13.7 Å². The Hall–Kier alpha value is -1.10. The van der Waals surface area contributed by atoms with Gasteiger partial charge in [-0.15, -0.1) is 0 Å². The predicted octanol–water partition coefficient (Wildman–Crippen LogP) is 3.04. The Morgan fingerprint density at radius 2 is 2.00 bits per heavy atom. The summed E-state index contributed by atoms with van der Waals surface area (Å²) in [7, 11) is 1.67. The van der Waals surface area contributed by atoms with Crippen LogP contribution < -0.4 is 10.6 Å². The zero-order valence-electron chi connectivity index (χ0n) is 9.57. The largest absolute Gasteiger partial charge is 0.496 e. The molecule has 0 spiro atoms. The minimum atomic E-state index is 0.482. The zero-order valence-corrected chi connectivity index (χ0v) is 11.2. The standard InChI is InChI=1S/C13H14BrNO2/c1-16-13-8-9-2-3-12(14)7-11(9)6-10(13)4-5-17-15/h2-3,6-8H,4-5,15H2,1H3. The molecule has 0 saturated carbocycles. The van der Waals surface area contributed by atoms with Gasteiger partial charge in [0.2, 0.25) is 0 Å². The van der Waals surface area contributed by atoms with E-state index in [-0.39, 0.29) is 0 Å². The van der Waals surface area contributed by atoms with Crippen LogP contribution in [0, 0.1) is 0 Å². The van der Waals surface area contributed by atoms with Gasteiger partial charge in [-0.1, -0.05) is 22.0 Å². The Balaban J connectivity index is 2.49. The summed E-state index contributed by atoms with van der Waals surface area (Å²) in [6.07, 6.45) is 0.738. The lowest BCUT2D eigenvalue weighted by atomic mass is 10.0. The number of ether oxygens (including phenoxy) is 1. The molecular weight excluding hydrogens is 282 g/mol. The molecule has 0 amide bonds. The number of rotatable bonds is 4. The van der Waals surface area contributed by atoms with Gasteiger partial charge in [-0.05, 0) is 40.6 Å². The van der Waals surface area contributed by atoms with Crippen LogP contribution in [-0.2, 0) is 11.3 Å². The van der Waals surface area contributed by atoms with E-state index in [1.165, 1.54) is 5.39 Å². The van der Waals surface area contributed by atoms with Crippen LogP contribution in [0.25, 0.3) is 10.8 Å². The maximum atomic E-state index is 5.37. The molecule has 2 aromatic rings. The second-order valence-electron chi connectivity index (χ2n) is 3.78. The first-order chi connectivity index (χ1) is 8.24. The average molecular weight is 296 g/mol. The number of nitrogens with two attached hydrogens (primary N) is 1. The Bertz CT molecular complexity index is 528. The van der Waals surface area contributed by atoms with Crippen molar-refractivity contribution >= 4 is 26.7 Å². The van der Waals surface area contributed by atoms with Gasteiger partial charge in [0.25, 0.3) is 0 Å². The maximum absolute atomic E-state index is 5.37. The second kappa shape index (κ2) is 5.49. The summed E-state index contributed by atoms with van der Waals surface area (Å²) in [6, 6.07) is 10.3. The second-order valence-corrected chi connectivity index (χ2v) is 4.69. The summed E-state index contributed by atoms with van der Waals surface area (Å²) < 4.78 is 6.44. The molecule has 0 bridgehead atoms. The SMILES string of the molecule is COc1cc2ccc(Br)cc2cc1CCON. The van der Waals surface area contributed by atoms with Crippen molar-refractivity contribution in [3.05, 3.63) is 40.4 Å². The third kappa shape index (κ3) is 2.77. The molecule has 90 valence electrons. The van der Waals surface area contributed by atoms with Crippen molar-refractivity contribution < 1.29 is 9.57 Å². The van der Waals surface area contributed by atoms with Crippen LogP contribution in [0.5, 0.6) is 5.75 Å². The van der Waals surface area contributed by atoms with Crippen molar-refractivity contribution in [2.75, 3.05) is 13.7 Å². The molecule has 2 aromatic carbocycles. The molecule has 0 fully saturated rings. The topological polar surface area (TPSA) is 44.5 Å². The van der Waals surface area contributed by atoms with E-state index in [0.29, 0.717) is 6.61 Å². The molecule has 0 aromatic heterocycles. The van der Waals surface area contributed by atoms with Crippen LogP contribution in [0.2, 0.25) is 0 Å². The van der Waals surface area contributed by atoms with Crippen LogP contribution in [0.3, 0.4) is 0 Å². The Morgan fingerprint density at radius 1 is 1.18 bits per heavy atom. The summed E-state index contributed by atoms with van der Waals surface area (Å²) in [5.41, 5.74) is 1.10. The summed E-state index contributed by atoms with van der Waals surface area (Å²) in [5.74, 6) is 5.93.